The number of hydrogen-bond donors (Lipinski definition) is 0. The molecule has 0 aromatic rings. The van der Waals surface area contributed by atoms with E-state index in [1.54, 1.807) is 0 Å². The summed E-state index contributed by atoms with van der Waals surface area (Å²) in [5.41, 5.74) is 0.941. The number of ether oxygens (including phenoxy) is 1. The molecule has 2 rings (SSSR count). The van der Waals surface area contributed by atoms with Crippen LogP contribution < -0.4 is 0 Å². The van der Waals surface area contributed by atoms with Gasteiger partial charge in [-0.25, -0.2) is 4.79 Å². The molecule has 16 heavy (non-hydrogen) atoms. The molecule has 2 fully saturated rings. The number of hydrogen-bond acceptors (Lipinski definition) is 2. The molecule has 2 aliphatic rings. The van der Waals surface area contributed by atoms with Crippen LogP contribution in [0.5, 0.6) is 0 Å². The molecule has 0 aromatic carbocycles. The Morgan fingerprint density at radius 2 is 2.06 bits per heavy atom. The molecular formula is C13H21NO2. The highest BCUT2D eigenvalue weighted by atomic mass is 16.6. The van der Waals surface area contributed by atoms with Gasteiger partial charge in [0.05, 0.1) is 5.54 Å². The summed E-state index contributed by atoms with van der Waals surface area (Å²) in [6, 6.07) is 0. The van der Waals surface area contributed by atoms with Crippen LogP contribution in [0.1, 0.15) is 46.5 Å². The quantitative estimate of drug-likeness (QED) is 0.590. The molecule has 1 aliphatic carbocycles. The van der Waals surface area contributed by atoms with Crippen molar-refractivity contribution in [2.45, 2.75) is 57.6 Å². The molecule has 3 heteroatoms. The highest BCUT2D eigenvalue weighted by Gasteiger charge is 2.52. The molecule has 1 spiro atoms. The third-order valence-electron chi connectivity index (χ3n) is 3.28. The van der Waals surface area contributed by atoms with E-state index in [4.69, 9.17) is 4.74 Å². The number of likely N-dealkylation sites (tertiary alicyclic amines) is 1. The normalized spacial score (nSPS) is 23.4. The topological polar surface area (TPSA) is 29.5 Å². The lowest BCUT2D eigenvalue weighted by atomic mass is 9.96. The predicted molar refractivity (Wildman–Crippen MR) is 63.3 cm³/mol. The van der Waals surface area contributed by atoms with Gasteiger partial charge in [0.2, 0.25) is 0 Å². The lowest BCUT2D eigenvalue weighted by Crippen LogP contribution is -2.48. The van der Waals surface area contributed by atoms with Crippen molar-refractivity contribution >= 4 is 6.09 Å². The first-order valence-electron chi connectivity index (χ1n) is 6.00. The van der Waals surface area contributed by atoms with Gasteiger partial charge >= 0.3 is 6.09 Å². The van der Waals surface area contributed by atoms with Gasteiger partial charge in [0.15, 0.2) is 0 Å². The van der Waals surface area contributed by atoms with Crippen molar-refractivity contribution in [3.8, 4) is 0 Å². The molecule has 0 radical (unpaired) electrons. The lowest BCUT2D eigenvalue weighted by Gasteiger charge is -2.38. The van der Waals surface area contributed by atoms with E-state index in [0.29, 0.717) is 0 Å². The summed E-state index contributed by atoms with van der Waals surface area (Å²) in [6.07, 6.45) is 3.93. The van der Waals surface area contributed by atoms with Crippen LogP contribution in [0.25, 0.3) is 0 Å². The van der Waals surface area contributed by atoms with E-state index in [1.807, 2.05) is 25.7 Å². The number of rotatable bonds is 0. The van der Waals surface area contributed by atoms with Gasteiger partial charge in [-0.15, -0.1) is 0 Å². The molecule has 0 atom stereocenters. The Labute approximate surface area is 97.5 Å². The molecule has 0 N–H and O–H groups in total. The average molecular weight is 223 g/mol. The van der Waals surface area contributed by atoms with E-state index in [1.165, 1.54) is 5.57 Å². The van der Waals surface area contributed by atoms with E-state index in [2.05, 4.69) is 6.58 Å². The zero-order valence-electron chi connectivity index (χ0n) is 10.5. The van der Waals surface area contributed by atoms with E-state index < -0.39 is 5.60 Å². The van der Waals surface area contributed by atoms with Crippen molar-refractivity contribution in [3.63, 3.8) is 0 Å². The van der Waals surface area contributed by atoms with Crippen LogP contribution in [0.3, 0.4) is 0 Å². The van der Waals surface area contributed by atoms with Crippen molar-refractivity contribution < 1.29 is 9.53 Å². The summed E-state index contributed by atoms with van der Waals surface area (Å²) in [4.78, 5) is 14.0. The number of carbonyl (C=O) groups excluding carboxylic acids is 1. The second kappa shape index (κ2) is 3.51. The van der Waals surface area contributed by atoms with Crippen LogP contribution in [0.4, 0.5) is 4.79 Å². The Hall–Kier alpha value is -0.990. The van der Waals surface area contributed by atoms with Gasteiger partial charge in [-0.1, -0.05) is 12.2 Å². The van der Waals surface area contributed by atoms with E-state index >= 15 is 0 Å². The maximum absolute atomic E-state index is 12.1. The molecule has 1 amide bonds. The van der Waals surface area contributed by atoms with Gasteiger partial charge < -0.3 is 9.64 Å². The highest BCUT2D eigenvalue weighted by molar-refractivity contribution is 5.70. The van der Waals surface area contributed by atoms with Crippen LogP contribution in [0.15, 0.2) is 12.2 Å². The first-order valence-corrected chi connectivity index (χ1v) is 6.00. The first-order chi connectivity index (χ1) is 7.32. The number of amides is 1. The third kappa shape index (κ3) is 2.23. The van der Waals surface area contributed by atoms with Crippen LogP contribution in [0.2, 0.25) is 0 Å². The van der Waals surface area contributed by atoms with Gasteiger partial charge in [-0.3, -0.25) is 0 Å². The maximum atomic E-state index is 12.1. The molecule has 0 unspecified atom stereocenters. The average Bonchev–Trinajstić information content (AvgIpc) is 2.81. The molecule has 90 valence electrons. The van der Waals surface area contributed by atoms with E-state index in [9.17, 15) is 4.79 Å². The Morgan fingerprint density at radius 3 is 2.56 bits per heavy atom. The Kier molecular flexibility index (Phi) is 2.52. The fourth-order valence-corrected chi connectivity index (χ4v) is 2.35. The molecule has 1 aliphatic heterocycles. The van der Waals surface area contributed by atoms with Crippen LogP contribution in [0, 0.1) is 0 Å². The molecular weight excluding hydrogens is 202 g/mol. The molecule has 0 aromatic heterocycles. The molecule has 1 saturated heterocycles. The summed E-state index contributed by atoms with van der Waals surface area (Å²) in [7, 11) is 0. The monoisotopic (exact) mass is 223 g/mol. The van der Waals surface area contributed by atoms with Crippen LogP contribution in [-0.4, -0.2) is 28.7 Å². The van der Waals surface area contributed by atoms with Crippen LogP contribution >= 0.6 is 0 Å². The second-order valence-corrected chi connectivity index (χ2v) is 6.03. The van der Waals surface area contributed by atoms with Gasteiger partial charge in [0, 0.05) is 6.54 Å². The summed E-state index contributed by atoms with van der Waals surface area (Å²) in [5, 5.41) is 0. The standard InChI is InChI=1S/C13H21NO2/c1-10-5-8-14(13(9-10)6-7-13)11(15)16-12(2,3)4/h1,5-9H2,2-4H3. The summed E-state index contributed by atoms with van der Waals surface area (Å²) in [5.74, 6) is 0. The zero-order chi connectivity index (χ0) is 12.0. The SMILES string of the molecule is C=C1CCN(C(=O)OC(C)(C)C)C2(CC2)C1. The number of piperidine rings is 1. The fourth-order valence-electron chi connectivity index (χ4n) is 2.35. The van der Waals surface area contributed by atoms with Crippen molar-refractivity contribution in [1.82, 2.24) is 4.90 Å². The zero-order valence-corrected chi connectivity index (χ0v) is 10.5. The predicted octanol–water partition coefficient (Wildman–Crippen LogP) is 3.11. The van der Waals surface area contributed by atoms with Crippen molar-refractivity contribution in [1.29, 1.82) is 0 Å². The molecule has 0 bridgehead atoms. The Morgan fingerprint density at radius 1 is 1.44 bits per heavy atom. The Balaban J connectivity index is 2.04. The fraction of sp³-hybridized carbons (Fsp3) is 0.769. The van der Waals surface area contributed by atoms with E-state index in [0.717, 1.165) is 32.2 Å². The maximum Gasteiger partial charge on any atom is 0.410 e. The molecule has 1 heterocycles. The van der Waals surface area contributed by atoms with Crippen molar-refractivity contribution in [2.24, 2.45) is 0 Å². The van der Waals surface area contributed by atoms with E-state index in [-0.39, 0.29) is 11.6 Å². The largest absolute Gasteiger partial charge is 0.444 e. The first kappa shape index (κ1) is 11.5. The van der Waals surface area contributed by atoms with Gasteiger partial charge in [-0.2, -0.15) is 0 Å². The molecule has 1 saturated carbocycles. The van der Waals surface area contributed by atoms with Crippen LogP contribution in [-0.2, 0) is 4.74 Å². The summed E-state index contributed by atoms with van der Waals surface area (Å²) >= 11 is 0. The summed E-state index contributed by atoms with van der Waals surface area (Å²) < 4.78 is 5.45. The van der Waals surface area contributed by atoms with Gasteiger partial charge in [0.1, 0.15) is 5.60 Å². The minimum absolute atomic E-state index is 0.0671. The Bertz CT molecular complexity index is 323. The van der Waals surface area contributed by atoms with Gasteiger partial charge in [0.25, 0.3) is 0 Å². The smallest absolute Gasteiger partial charge is 0.410 e. The van der Waals surface area contributed by atoms with Gasteiger partial charge in [-0.05, 0) is 46.5 Å². The summed E-state index contributed by atoms with van der Waals surface area (Å²) in [6.45, 7) is 10.5. The number of carbonyl (C=O) groups is 1. The van der Waals surface area contributed by atoms with Crippen molar-refractivity contribution in [3.05, 3.63) is 12.2 Å². The highest BCUT2D eigenvalue weighted by Crippen LogP contribution is 2.49. The minimum Gasteiger partial charge on any atom is -0.444 e. The third-order valence-corrected chi connectivity index (χ3v) is 3.28. The number of nitrogens with zero attached hydrogens (tertiary/aromatic N) is 1. The second-order valence-electron chi connectivity index (χ2n) is 6.03. The lowest BCUT2D eigenvalue weighted by molar-refractivity contribution is 0.00980. The van der Waals surface area contributed by atoms with Crippen molar-refractivity contribution in [2.75, 3.05) is 6.54 Å². The molecule has 3 nitrogen and oxygen atoms in total. The minimum atomic E-state index is -0.401.